The minimum absolute atomic E-state index is 0.114. The SMILES string of the molecule is CCN1Cc2cc(O)c(C)cc2[C@@H]2c3cc(O)c(F)cc3CC[C@H]21. The number of nitrogens with zero attached hydrogens (tertiary/aromatic N) is 1. The van der Waals surface area contributed by atoms with Crippen LogP contribution < -0.4 is 0 Å². The van der Waals surface area contributed by atoms with Crippen LogP contribution in [0, 0.1) is 12.7 Å². The second-order valence-electron chi connectivity index (χ2n) is 6.99. The van der Waals surface area contributed by atoms with Crippen molar-refractivity contribution in [3.8, 4) is 11.5 Å². The monoisotopic (exact) mass is 327 g/mol. The molecule has 2 aliphatic rings. The van der Waals surface area contributed by atoms with Gasteiger partial charge in [-0.25, -0.2) is 4.39 Å². The van der Waals surface area contributed by atoms with Crippen LogP contribution in [-0.4, -0.2) is 27.7 Å². The summed E-state index contributed by atoms with van der Waals surface area (Å²) < 4.78 is 13.8. The van der Waals surface area contributed by atoms with Gasteiger partial charge in [0.2, 0.25) is 0 Å². The Morgan fingerprint density at radius 2 is 1.83 bits per heavy atom. The van der Waals surface area contributed by atoms with Crippen molar-refractivity contribution in [2.45, 2.75) is 45.2 Å². The first kappa shape index (κ1) is 15.5. The highest BCUT2D eigenvalue weighted by Gasteiger charge is 2.39. The topological polar surface area (TPSA) is 43.7 Å². The molecule has 3 nitrogen and oxygen atoms in total. The molecule has 4 rings (SSSR count). The largest absolute Gasteiger partial charge is 0.508 e. The van der Waals surface area contributed by atoms with Gasteiger partial charge in [-0.2, -0.15) is 0 Å². The third kappa shape index (κ3) is 2.20. The van der Waals surface area contributed by atoms with E-state index in [2.05, 4.69) is 17.9 Å². The van der Waals surface area contributed by atoms with Gasteiger partial charge in [0.05, 0.1) is 0 Å². The summed E-state index contributed by atoms with van der Waals surface area (Å²) in [5, 5.41) is 20.0. The third-order valence-electron chi connectivity index (χ3n) is 5.68. The Bertz CT molecular complexity index is 818. The number of hydrogen-bond acceptors (Lipinski definition) is 3. The van der Waals surface area contributed by atoms with E-state index in [9.17, 15) is 14.6 Å². The van der Waals surface area contributed by atoms with Crippen molar-refractivity contribution in [2.24, 2.45) is 0 Å². The van der Waals surface area contributed by atoms with Crippen LogP contribution in [0.25, 0.3) is 0 Å². The number of likely N-dealkylation sites (N-methyl/N-ethyl adjacent to an activating group) is 1. The van der Waals surface area contributed by atoms with Gasteiger partial charge in [-0.1, -0.05) is 13.0 Å². The van der Waals surface area contributed by atoms with E-state index < -0.39 is 5.82 Å². The lowest BCUT2D eigenvalue weighted by Crippen LogP contribution is -2.45. The Hall–Kier alpha value is -2.07. The lowest BCUT2D eigenvalue weighted by atomic mass is 9.71. The Morgan fingerprint density at radius 1 is 1.08 bits per heavy atom. The molecule has 2 aromatic carbocycles. The fourth-order valence-corrected chi connectivity index (χ4v) is 4.44. The summed E-state index contributed by atoms with van der Waals surface area (Å²) in [5.74, 6) is -0.387. The number of benzene rings is 2. The molecule has 0 unspecified atom stereocenters. The highest BCUT2D eigenvalue weighted by Crippen LogP contribution is 2.46. The van der Waals surface area contributed by atoms with E-state index in [0.717, 1.165) is 48.2 Å². The molecular weight excluding hydrogens is 305 g/mol. The molecule has 0 bridgehead atoms. The molecule has 0 saturated heterocycles. The minimum atomic E-state index is -0.544. The van der Waals surface area contributed by atoms with Gasteiger partial charge in [-0.3, -0.25) is 4.90 Å². The predicted octanol–water partition coefficient (Wildman–Crippen LogP) is 3.83. The summed E-state index contributed by atoms with van der Waals surface area (Å²) in [4.78, 5) is 2.42. The zero-order valence-corrected chi connectivity index (χ0v) is 14.0. The average molecular weight is 327 g/mol. The highest BCUT2D eigenvalue weighted by atomic mass is 19.1. The first-order chi connectivity index (χ1) is 11.5. The molecule has 1 heterocycles. The van der Waals surface area contributed by atoms with E-state index in [0.29, 0.717) is 11.8 Å². The van der Waals surface area contributed by atoms with E-state index in [4.69, 9.17) is 0 Å². The van der Waals surface area contributed by atoms with Crippen molar-refractivity contribution in [3.63, 3.8) is 0 Å². The minimum Gasteiger partial charge on any atom is -0.508 e. The Morgan fingerprint density at radius 3 is 2.58 bits per heavy atom. The number of rotatable bonds is 1. The summed E-state index contributed by atoms with van der Waals surface area (Å²) in [6.45, 7) is 5.80. The molecule has 0 saturated carbocycles. The van der Waals surface area contributed by atoms with Crippen molar-refractivity contribution in [2.75, 3.05) is 6.54 Å². The van der Waals surface area contributed by atoms with Crippen molar-refractivity contribution in [1.82, 2.24) is 4.90 Å². The number of hydrogen-bond donors (Lipinski definition) is 2. The van der Waals surface area contributed by atoms with E-state index in [1.165, 1.54) is 11.6 Å². The predicted molar refractivity (Wildman–Crippen MR) is 90.9 cm³/mol. The lowest BCUT2D eigenvalue weighted by molar-refractivity contribution is 0.149. The molecule has 1 aliphatic carbocycles. The fraction of sp³-hybridized carbons (Fsp3) is 0.400. The van der Waals surface area contributed by atoms with Crippen LogP contribution in [0.1, 0.15) is 47.1 Å². The maximum atomic E-state index is 13.8. The molecule has 2 aromatic rings. The van der Waals surface area contributed by atoms with Gasteiger partial charge >= 0.3 is 0 Å². The van der Waals surface area contributed by atoms with Crippen LogP contribution in [0.3, 0.4) is 0 Å². The summed E-state index contributed by atoms with van der Waals surface area (Å²) in [5.41, 5.74) is 5.19. The molecule has 1 aliphatic heterocycles. The number of aromatic hydroxyl groups is 2. The van der Waals surface area contributed by atoms with E-state index in [-0.39, 0.29) is 11.7 Å². The molecule has 0 fully saturated rings. The molecule has 0 amide bonds. The molecule has 2 atom stereocenters. The molecule has 4 heteroatoms. The Balaban J connectivity index is 1.94. The van der Waals surface area contributed by atoms with E-state index in [1.807, 2.05) is 13.0 Å². The standard InChI is InChI=1S/C20H22FNO2/c1-3-22-10-13-8-18(23)11(2)6-14(13)20-15-9-19(24)16(21)7-12(15)4-5-17(20)22/h6-9,17,20,23-24H,3-5,10H2,1-2H3/t17-,20-/m1/s1. The van der Waals surface area contributed by atoms with Crippen molar-refractivity contribution < 1.29 is 14.6 Å². The van der Waals surface area contributed by atoms with Gasteiger partial charge in [0, 0.05) is 18.5 Å². The van der Waals surface area contributed by atoms with Crippen molar-refractivity contribution in [3.05, 3.63) is 57.9 Å². The molecule has 0 spiro atoms. The maximum Gasteiger partial charge on any atom is 0.165 e. The lowest BCUT2D eigenvalue weighted by Gasteiger charge is -2.45. The molecule has 2 N–H and O–H groups in total. The number of aryl methyl sites for hydroxylation is 2. The van der Waals surface area contributed by atoms with Crippen LogP contribution in [0.4, 0.5) is 4.39 Å². The van der Waals surface area contributed by atoms with E-state index in [1.54, 1.807) is 6.07 Å². The zero-order chi connectivity index (χ0) is 17.0. The van der Waals surface area contributed by atoms with Crippen LogP contribution in [0.5, 0.6) is 11.5 Å². The van der Waals surface area contributed by atoms with E-state index >= 15 is 0 Å². The molecule has 24 heavy (non-hydrogen) atoms. The van der Waals surface area contributed by atoms with Crippen LogP contribution >= 0.6 is 0 Å². The molecule has 126 valence electrons. The number of phenolic OH excluding ortho intramolecular Hbond substituents is 2. The van der Waals surface area contributed by atoms with Gasteiger partial charge in [0.25, 0.3) is 0 Å². The van der Waals surface area contributed by atoms with Crippen LogP contribution in [0.15, 0.2) is 24.3 Å². The number of fused-ring (bicyclic) bond motifs is 5. The Labute approximate surface area is 141 Å². The number of phenols is 2. The second kappa shape index (κ2) is 5.49. The maximum absolute atomic E-state index is 13.8. The van der Waals surface area contributed by atoms with Gasteiger partial charge in [-0.05, 0) is 72.3 Å². The molecule has 0 radical (unpaired) electrons. The van der Waals surface area contributed by atoms with Gasteiger partial charge in [0.15, 0.2) is 11.6 Å². The second-order valence-corrected chi connectivity index (χ2v) is 6.99. The first-order valence-electron chi connectivity index (χ1n) is 8.57. The van der Waals surface area contributed by atoms with Gasteiger partial charge in [-0.15, -0.1) is 0 Å². The van der Waals surface area contributed by atoms with Crippen molar-refractivity contribution in [1.29, 1.82) is 0 Å². The van der Waals surface area contributed by atoms with Crippen LogP contribution in [-0.2, 0) is 13.0 Å². The summed E-state index contributed by atoms with van der Waals surface area (Å²) in [6.07, 6.45) is 1.81. The summed E-state index contributed by atoms with van der Waals surface area (Å²) >= 11 is 0. The highest BCUT2D eigenvalue weighted by molar-refractivity contribution is 5.52. The van der Waals surface area contributed by atoms with Gasteiger partial charge in [0.1, 0.15) is 5.75 Å². The quantitative estimate of drug-likeness (QED) is 0.837. The van der Waals surface area contributed by atoms with Crippen LogP contribution in [0.2, 0.25) is 0 Å². The Kier molecular flexibility index (Phi) is 3.53. The zero-order valence-electron chi connectivity index (χ0n) is 14.0. The normalized spacial score (nSPS) is 22.6. The number of halogens is 1. The fourth-order valence-electron chi connectivity index (χ4n) is 4.44. The smallest absolute Gasteiger partial charge is 0.165 e. The average Bonchev–Trinajstić information content (AvgIpc) is 2.56. The van der Waals surface area contributed by atoms with Crippen molar-refractivity contribution >= 4 is 0 Å². The molecular formula is C20H22FNO2. The third-order valence-corrected chi connectivity index (χ3v) is 5.68. The van der Waals surface area contributed by atoms with Gasteiger partial charge < -0.3 is 10.2 Å². The first-order valence-corrected chi connectivity index (χ1v) is 8.57. The summed E-state index contributed by atoms with van der Waals surface area (Å²) in [6, 6.07) is 7.36. The summed E-state index contributed by atoms with van der Waals surface area (Å²) in [7, 11) is 0. The molecule has 0 aromatic heterocycles.